The molecule has 0 amide bonds. The number of rotatable bonds is 3. The highest BCUT2D eigenvalue weighted by atomic mass is 32.1. The Bertz CT molecular complexity index is 684. The molecule has 0 radical (unpaired) electrons. The van der Waals surface area contributed by atoms with Gasteiger partial charge in [-0.15, -0.1) is 0 Å². The molecule has 3 rings (SSSR count). The van der Waals surface area contributed by atoms with E-state index in [4.69, 9.17) is 18.0 Å². The van der Waals surface area contributed by atoms with Crippen LogP contribution in [0.25, 0.3) is 16.5 Å². The van der Waals surface area contributed by atoms with Gasteiger partial charge >= 0.3 is 0 Å². The molecule has 2 aromatic rings. The SMILES string of the molecule is CN1CC=C(c2c[nH]c3ccc(CC(N)=S)cc23)CC1. The summed E-state index contributed by atoms with van der Waals surface area (Å²) in [5, 5.41) is 1.27. The van der Waals surface area contributed by atoms with E-state index in [-0.39, 0.29) is 0 Å². The number of likely N-dealkylation sites (N-methyl/N-ethyl adjacent to an activating group) is 1. The number of thiocarbonyl (C=S) groups is 1. The van der Waals surface area contributed by atoms with Gasteiger partial charge in [-0.1, -0.05) is 24.4 Å². The topological polar surface area (TPSA) is 45.0 Å². The van der Waals surface area contributed by atoms with Gasteiger partial charge in [-0.2, -0.15) is 0 Å². The normalized spacial score (nSPS) is 16.4. The second-order valence-corrected chi connectivity index (χ2v) is 5.99. The Morgan fingerprint density at radius 3 is 3.00 bits per heavy atom. The number of hydrogen-bond donors (Lipinski definition) is 2. The predicted molar refractivity (Wildman–Crippen MR) is 88.9 cm³/mol. The van der Waals surface area contributed by atoms with E-state index < -0.39 is 0 Å². The highest BCUT2D eigenvalue weighted by molar-refractivity contribution is 7.80. The first-order valence-corrected chi connectivity index (χ1v) is 7.30. The second kappa shape index (κ2) is 5.38. The zero-order valence-corrected chi connectivity index (χ0v) is 12.5. The average Bonchev–Trinajstić information content (AvgIpc) is 2.82. The fourth-order valence-corrected chi connectivity index (χ4v) is 2.93. The van der Waals surface area contributed by atoms with Crippen LogP contribution in [0, 0.1) is 0 Å². The quantitative estimate of drug-likeness (QED) is 0.852. The number of fused-ring (bicyclic) bond motifs is 1. The molecule has 104 valence electrons. The Morgan fingerprint density at radius 2 is 2.30 bits per heavy atom. The molecule has 3 nitrogen and oxygen atoms in total. The smallest absolute Gasteiger partial charge is 0.0771 e. The molecule has 1 aliphatic rings. The molecule has 0 saturated heterocycles. The monoisotopic (exact) mass is 285 g/mol. The molecule has 0 bridgehead atoms. The maximum absolute atomic E-state index is 5.65. The van der Waals surface area contributed by atoms with Crippen molar-refractivity contribution < 1.29 is 0 Å². The van der Waals surface area contributed by atoms with Gasteiger partial charge in [0, 0.05) is 42.2 Å². The molecule has 0 fully saturated rings. The van der Waals surface area contributed by atoms with E-state index in [1.54, 1.807) is 0 Å². The van der Waals surface area contributed by atoms with Crippen LogP contribution in [0.4, 0.5) is 0 Å². The number of nitrogens with two attached hydrogens (primary N) is 1. The van der Waals surface area contributed by atoms with Crippen LogP contribution in [0.5, 0.6) is 0 Å². The summed E-state index contributed by atoms with van der Waals surface area (Å²) in [5.74, 6) is 0. The lowest BCUT2D eigenvalue weighted by molar-refractivity contribution is 0.370. The number of nitrogens with one attached hydrogen (secondary N) is 1. The number of nitrogens with zero attached hydrogens (tertiary/aromatic N) is 1. The van der Waals surface area contributed by atoms with E-state index in [1.807, 2.05) is 0 Å². The van der Waals surface area contributed by atoms with Crippen LogP contribution in [0.15, 0.2) is 30.5 Å². The maximum Gasteiger partial charge on any atom is 0.0771 e. The standard InChI is InChI=1S/C16H19N3S/c1-19-6-4-12(5-7-19)14-10-18-15-3-2-11(8-13(14)15)9-16(17)20/h2-4,8,10,18H,5-7,9H2,1H3,(H2,17,20). The van der Waals surface area contributed by atoms with Gasteiger partial charge < -0.3 is 15.6 Å². The lowest BCUT2D eigenvalue weighted by atomic mass is 9.98. The molecule has 0 atom stereocenters. The van der Waals surface area contributed by atoms with Crippen LogP contribution in [-0.4, -0.2) is 35.0 Å². The summed E-state index contributed by atoms with van der Waals surface area (Å²) in [6.07, 6.45) is 6.21. The molecule has 4 heteroatoms. The highest BCUT2D eigenvalue weighted by Gasteiger charge is 2.13. The third-order valence-electron chi connectivity index (χ3n) is 3.88. The lowest BCUT2D eigenvalue weighted by Crippen LogP contribution is -2.23. The van der Waals surface area contributed by atoms with E-state index in [2.05, 4.69) is 47.4 Å². The summed E-state index contributed by atoms with van der Waals surface area (Å²) >= 11 is 5.00. The van der Waals surface area contributed by atoms with Crippen molar-refractivity contribution in [2.75, 3.05) is 20.1 Å². The Labute approximate surface area is 124 Å². The second-order valence-electron chi connectivity index (χ2n) is 5.47. The third-order valence-corrected chi connectivity index (χ3v) is 4.03. The van der Waals surface area contributed by atoms with Crippen LogP contribution in [0.1, 0.15) is 17.5 Å². The van der Waals surface area contributed by atoms with Gasteiger partial charge in [-0.25, -0.2) is 0 Å². The molecule has 2 heterocycles. The molecule has 0 saturated carbocycles. The molecular weight excluding hydrogens is 266 g/mol. The molecule has 0 spiro atoms. The molecular formula is C16H19N3S. The van der Waals surface area contributed by atoms with Crippen molar-refractivity contribution in [1.82, 2.24) is 9.88 Å². The number of benzene rings is 1. The fourth-order valence-electron chi connectivity index (χ4n) is 2.76. The Hall–Kier alpha value is -1.65. The van der Waals surface area contributed by atoms with Crippen LogP contribution < -0.4 is 5.73 Å². The maximum atomic E-state index is 5.65. The summed E-state index contributed by atoms with van der Waals surface area (Å²) in [7, 11) is 2.16. The Kier molecular flexibility index (Phi) is 3.59. The first-order valence-electron chi connectivity index (χ1n) is 6.90. The first kappa shape index (κ1) is 13.3. The van der Waals surface area contributed by atoms with Crippen LogP contribution >= 0.6 is 12.2 Å². The zero-order valence-electron chi connectivity index (χ0n) is 11.6. The lowest BCUT2D eigenvalue weighted by Gasteiger charge is -2.21. The van der Waals surface area contributed by atoms with E-state index in [9.17, 15) is 0 Å². The van der Waals surface area contributed by atoms with Gasteiger partial charge in [-0.3, -0.25) is 0 Å². The van der Waals surface area contributed by atoms with Crippen molar-refractivity contribution in [3.05, 3.63) is 41.6 Å². The molecule has 1 aliphatic heterocycles. The summed E-state index contributed by atoms with van der Waals surface area (Å²) in [4.78, 5) is 6.23. The summed E-state index contributed by atoms with van der Waals surface area (Å²) < 4.78 is 0. The van der Waals surface area contributed by atoms with Gasteiger partial charge in [0.15, 0.2) is 0 Å². The van der Waals surface area contributed by atoms with Crippen molar-refractivity contribution in [1.29, 1.82) is 0 Å². The molecule has 1 aromatic carbocycles. The Morgan fingerprint density at radius 1 is 1.45 bits per heavy atom. The summed E-state index contributed by atoms with van der Waals surface area (Å²) in [5.41, 5.74) is 10.7. The Balaban J connectivity index is 2.01. The molecule has 3 N–H and O–H groups in total. The van der Waals surface area contributed by atoms with Gasteiger partial charge in [-0.05, 0) is 36.7 Å². The molecule has 0 unspecified atom stereocenters. The van der Waals surface area contributed by atoms with Crippen molar-refractivity contribution in [2.24, 2.45) is 5.73 Å². The van der Waals surface area contributed by atoms with Gasteiger partial charge in [0.05, 0.1) is 4.99 Å². The number of H-pyrrole nitrogens is 1. The van der Waals surface area contributed by atoms with Crippen molar-refractivity contribution in [3.63, 3.8) is 0 Å². The molecule has 20 heavy (non-hydrogen) atoms. The highest BCUT2D eigenvalue weighted by Crippen LogP contribution is 2.29. The van der Waals surface area contributed by atoms with Crippen LogP contribution in [-0.2, 0) is 6.42 Å². The first-order chi connectivity index (χ1) is 9.63. The van der Waals surface area contributed by atoms with Crippen LogP contribution in [0.3, 0.4) is 0 Å². The van der Waals surface area contributed by atoms with Gasteiger partial charge in [0.25, 0.3) is 0 Å². The zero-order chi connectivity index (χ0) is 14.1. The van der Waals surface area contributed by atoms with Gasteiger partial charge in [0.2, 0.25) is 0 Å². The van der Waals surface area contributed by atoms with E-state index in [1.165, 1.54) is 27.6 Å². The minimum atomic E-state index is 0.542. The van der Waals surface area contributed by atoms with Crippen molar-refractivity contribution >= 4 is 33.7 Å². The fraction of sp³-hybridized carbons (Fsp3) is 0.312. The largest absolute Gasteiger partial charge is 0.393 e. The number of aromatic nitrogens is 1. The van der Waals surface area contributed by atoms with Gasteiger partial charge in [0.1, 0.15) is 0 Å². The predicted octanol–water partition coefficient (Wildman–Crippen LogP) is 2.72. The summed E-state index contributed by atoms with van der Waals surface area (Å²) in [6, 6.07) is 6.41. The van der Waals surface area contributed by atoms with E-state index in [0.29, 0.717) is 11.4 Å². The number of hydrogen-bond acceptors (Lipinski definition) is 2. The van der Waals surface area contributed by atoms with E-state index >= 15 is 0 Å². The minimum absolute atomic E-state index is 0.542. The average molecular weight is 285 g/mol. The third kappa shape index (κ3) is 2.62. The minimum Gasteiger partial charge on any atom is -0.393 e. The molecule has 1 aromatic heterocycles. The van der Waals surface area contributed by atoms with E-state index in [0.717, 1.165) is 19.5 Å². The van der Waals surface area contributed by atoms with Crippen LogP contribution in [0.2, 0.25) is 0 Å². The van der Waals surface area contributed by atoms with Crippen molar-refractivity contribution in [2.45, 2.75) is 12.8 Å². The molecule has 0 aliphatic carbocycles. The number of aromatic amines is 1. The summed E-state index contributed by atoms with van der Waals surface area (Å²) in [6.45, 7) is 2.14. The van der Waals surface area contributed by atoms with Crippen molar-refractivity contribution in [3.8, 4) is 0 Å².